The van der Waals surface area contributed by atoms with E-state index in [0.717, 1.165) is 42.7 Å². The summed E-state index contributed by atoms with van der Waals surface area (Å²) in [5.41, 5.74) is 3.20. The molecular formula is C22H26N2O4S. The number of amides is 1. The second-order valence-electron chi connectivity index (χ2n) is 7.76. The van der Waals surface area contributed by atoms with Crippen LogP contribution in [-0.4, -0.2) is 34.5 Å². The van der Waals surface area contributed by atoms with Crippen LogP contribution in [0, 0.1) is 5.92 Å². The molecule has 1 amide bonds. The molecule has 1 heterocycles. The van der Waals surface area contributed by atoms with Gasteiger partial charge in [0.1, 0.15) is 5.75 Å². The molecule has 2 aromatic rings. The van der Waals surface area contributed by atoms with Gasteiger partial charge in [-0.1, -0.05) is 6.07 Å². The first-order valence-corrected chi connectivity index (χ1v) is 11.5. The van der Waals surface area contributed by atoms with E-state index >= 15 is 0 Å². The average Bonchev–Trinajstić information content (AvgIpc) is 3.12. The fourth-order valence-corrected chi connectivity index (χ4v) is 5.28. The van der Waals surface area contributed by atoms with Crippen LogP contribution >= 0.6 is 0 Å². The van der Waals surface area contributed by atoms with Crippen molar-refractivity contribution in [3.05, 3.63) is 53.6 Å². The van der Waals surface area contributed by atoms with Gasteiger partial charge in [-0.3, -0.25) is 4.79 Å². The van der Waals surface area contributed by atoms with Crippen LogP contribution in [0.3, 0.4) is 0 Å². The Hall–Kier alpha value is -2.38. The number of anilines is 1. The number of carbonyl (C=O) groups is 1. The normalized spacial score (nSPS) is 19.3. The molecule has 2 aromatic carbocycles. The molecule has 2 aliphatic rings. The molecule has 7 heteroatoms. The van der Waals surface area contributed by atoms with Crippen molar-refractivity contribution < 1.29 is 17.9 Å². The summed E-state index contributed by atoms with van der Waals surface area (Å²) >= 11 is 0. The summed E-state index contributed by atoms with van der Waals surface area (Å²) in [6, 6.07) is 12.8. The molecule has 154 valence electrons. The lowest BCUT2D eigenvalue weighted by Gasteiger charge is -2.18. The monoisotopic (exact) mass is 414 g/mol. The van der Waals surface area contributed by atoms with Gasteiger partial charge in [0.25, 0.3) is 0 Å². The summed E-state index contributed by atoms with van der Waals surface area (Å²) in [5, 5.41) is 0. The average molecular weight is 415 g/mol. The second kappa shape index (κ2) is 8.16. The fourth-order valence-electron chi connectivity index (χ4n) is 4.12. The van der Waals surface area contributed by atoms with E-state index in [9.17, 15) is 13.2 Å². The maximum atomic E-state index is 12.8. The zero-order valence-electron chi connectivity index (χ0n) is 16.6. The molecule has 0 saturated carbocycles. The lowest BCUT2D eigenvalue weighted by molar-refractivity contribution is -0.117. The van der Waals surface area contributed by atoms with Crippen molar-refractivity contribution in [3.63, 3.8) is 0 Å². The van der Waals surface area contributed by atoms with Gasteiger partial charge in [0, 0.05) is 25.2 Å². The van der Waals surface area contributed by atoms with Crippen molar-refractivity contribution in [2.24, 2.45) is 5.92 Å². The number of hydrogen-bond acceptors (Lipinski definition) is 4. The van der Waals surface area contributed by atoms with E-state index in [1.54, 1.807) is 24.1 Å². The van der Waals surface area contributed by atoms with E-state index in [1.165, 1.54) is 5.56 Å². The molecule has 1 aliphatic heterocycles. The predicted octanol–water partition coefficient (Wildman–Crippen LogP) is 2.91. The van der Waals surface area contributed by atoms with Crippen LogP contribution in [0.5, 0.6) is 5.75 Å². The summed E-state index contributed by atoms with van der Waals surface area (Å²) in [6.07, 6.45) is 4.56. The molecule has 4 rings (SSSR count). The minimum absolute atomic E-state index is 0.00754. The minimum atomic E-state index is -3.59. The summed E-state index contributed by atoms with van der Waals surface area (Å²) in [5.74, 6) is 0.680. The van der Waals surface area contributed by atoms with Crippen LogP contribution in [-0.2, 0) is 27.7 Å². The number of methoxy groups -OCH3 is 1. The van der Waals surface area contributed by atoms with Gasteiger partial charge >= 0.3 is 0 Å². The Morgan fingerprint density at radius 1 is 1.07 bits per heavy atom. The van der Waals surface area contributed by atoms with Crippen molar-refractivity contribution in [3.8, 4) is 5.75 Å². The summed E-state index contributed by atoms with van der Waals surface area (Å²) in [6.45, 7) is 0.746. The molecule has 1 saturated heterocycles. The number of benzene rings is 2. The van der Waals surface area contributed by atoms with Gasteiger partial charge in [-0.2, -0.15) is 0 Å². The number of aryl methyl sites for hydroxylation is 2. The molecule has 0 spiro atoms. The zero-order chi connectivity index (χ0) is 20.4. The van der Waals surface area contributed by atoms with Gasteiger partial charge in [0.2, 0.25) is 15.9 Å². The van der Waals surface area contributed by atoms with Crippen molar-refractivity contribution in [2.75, 3.05) is 25.1 Å². The molecule has 1 fully saturated rings. The third kappa shape index (κ3) is 4.31. The van der Waals surface area contributed by atoms with Gasteiger partial charge in [-0.25, -0.2) is 13.1 Å². The second-order valence-corrected chi connectivity index (χ2v) is 9.53. The molecule has 0 radical (unpaired) electrons. The van der Waals surface area contributed by atoms with Crippen LogP contribution in [0.15, 0.2) is 47.4 Å². The Morgan fingerprint density at radius 2 is 1.79 bits per heavy atom. The van der Waals surface area contributed by atoms with Crippen LogP contribution in [0.4, 0.5) is 5.69 Å². The van der Waals surface area contributed by atoms with Crippen molar-refractivity contribution in [2.45, 2.75) is 37.0 Å². The van der Waals surface area contributed by atoms with Crippen LogP contribution in [0.1, 0.15) is 30.4 Å². The van der Waals surface area contributed by atoms with Gasteiger partial charge < -0.3 is 9.64 Å². The number of nitrogens with one attached hydrogen (secondary N) is 1. The highest BCUT2D eigenvalue weighted by molar-refractivity contribution is 7.89. The van der Waals surface area contributed by atoms with E-state index < -0.39 is 10.0 Å². The number of rotatable bonds is 6. The van der Waals surface area contributed by atoms with Crippen molar-refractivity contribution >= 4 is 21.6 Å². The third-order valence-electron chi connectivity index (χ3n) is 5.78. The number of sulfonamides is 1. The molecule has 1 atom stereocenters. The SMILES string of the molecule is COc1ccc(N2C[C@@H](CNS(=O)(=O)c3ccc4c(c3)CCCC4)CC2=O)cc1. The van der Waals surface area contributed by atoms with Crippen LogP contribution < -0.4 is 14.4 Å². The topological polar surface area (TPSA) is 75.7 Å². The number of hydrogen-bond donors (Lipinski definition) is 1. The van der Waals surface area contributed by atoms with Crippen molar-refractivity contribution in [1.29, 1.82) is 0 Å². The lowest BCUT2D eigenvalue weighted by Crippen LogP contribution is -2.31. The molecule has 0 bridgehead atoms. The first-order chi connectivity index (χ1) is 14.0. The number of ether oxygens (including phenoxy) is 1. The van der Waals surface area contributed by atoms with Gasteiger partial charge in [-0.15, -0.1) is 0 Å². The standard InChI is InChI=1S/C22H26N2O4S/c1-28-20-9-7-19(8-10-20)24-15-16(12-22(24)25)14-23-29(26,27)21-11-6-17-4-2-3-5-18(17)13-21/h6-11,13,16,23H,2-5,12,14-15H2,1H3/t16-/m1/s1. The van der Waals surface area contributed by atoms with E-state index in [4.69, 9.17) is 4.74 Å². The molecule has 1 N–H and O–H groups in total. The van der Waals surface area contributed by atoms with Gasteiger partial charge in [0.15, 0.2) is 0 Å². The molecular weight excluding hydrogens is 388 g/mol. The molecule has 0 unspecified atom stereocenters. The molecule has 1 aliphatic carbocycles. The third-order valence-corrected chi connectivity index (χ3v) is 7.20. The Balaban J connectivity index is 1.40. The minimum Gasteiger partial charge on any atom is -0.497 e. The summed E-state index contributed by atoms with van der Waals surface area (Å²) in [7, 11) is -1.99. The molecule has 0 aromatic heterocycles. The first kappa shape index (κ1) is 19.9. The lowest BCUT2D eigenvalue weighted by atomic mass is 9.92. The van der Waals surface area contributed by atoms with E-state index in [0.29, 0.717) is 17.9 Å². The maximum absolute atomic E-state index is 12.8. The Morgan fingerprint density at radius 3 is 2.52 bits per heavy atom. The number of fused-ring (bicyclic) bond motifs is 1. The maximum Gasteiger partial charge on any atom is 0.240 e. The van der Waals surface area contributed by atoms with Crippen LogP contribution in [0.2, 0.25) is 0 Å². The number of carbonyl (C=O) groups excluding carboxylic acids is 1. The highest BCUT2D eigenvalue weighted by Gasteiger charge is 2.31. The largest absolute Gasteiger partial charge is 0.497 e. The van der Waals surface area contributed by atoms with Gasteiger partial charge in [-0.05, 0) is 79.1 Å². The predicted molar refractivity (Wildman–Crippen MR) is 112 cm³/mol. The highest BCUT2D eigenvalue weighted by atomic mass is 32.2. The summed E-state index contributed by atoms with van der Waals surface area (Å²) in [4.78, 5) is 14.4. The van der Waals surface area contributed by atoms with E-state index in [1.807, 2.05) is 30.3 Å². The quantitative estimate of drug-likeness (QED) is 0.789. The van der Waals surface area contributed by atoms with Gasteiger partial charge in [0.05, 0.1) is 12.0 Å². The molecule has 6 nitrogen and oxygen atoms in total. The first-order valence-electron chi connectivity index (χ1n) is 10.0. The van der Waals surface area contributed by atoms with Crippen LogP contribution in [0.25, 0.3) is 0 Å². The Kier molecular flexibility index (Phi) is 5.61. The zero-order valence-corrected chi connectivity index (χ0v) is 17.4. The van der Waals surface area contributed by atoms with Crippen molar-refractivity contribution in [1.82, 2.24) is 4.72 Å². The number of nitrogens with zero attached hydrogens (tertiary/aromatic N) is 1. The molecule has 29 heavy (non-hydrogen) atoms. The smallest absolute Gasteiger partial charge is 0.240 e. The Labute approximate surface area is 171 Å². The fraction of sp³-hybridized carbons (Fsp3) is 0.409. The van der Waals surface area contributed by atoms with E-state index in [2.05, 4.69) is 4.72 Å². The summed E-state index contributed by atoms with van der Waals surface area (Å²) < 4.78 is 33.4. The highest BCUT2D eigenvalue weighted by Crippen LogP contribution is 2.27. The Bertz CT molecular complexity index is 1000. The van der Waals surface area contributed by atoms with E-state index in [-0.39, 0.29) is 18.4 Å².